The van der Waals surface area contributed by atoms with Gasteiger partial charge in [0.25, 0.3) is 0 Å². The molecular weight excluding hydrogens is 342 g/mol. The summed E-state index contributed by atoms with van der Waals surface area (Å²) in [5, 5.41) is 4.47. The third kappa shape index (κ3) is 3.80. The highest BCUT2D eigenvalue weighted by molar-refractivity contribution is 7.15. The van der Waals surface area contributed by atoms with E-state index >= 15 is 0 Å². The van der Waals surface area contributed by atoms with Crippen molar-refractivity contribution in [1.82, 2.24) is 9.97 Å². The molecule has 0 radical (unpaired) electrons. The molecule has 0 unspecified atom stereocenters. The van der Waals surface area contributed by atoms with Crippen molar-refractivity contribution in [3.8, 4) is 10.6 Å². The van der Waals surface area contributed by atoms with Crippen molar-refractivity contribution in [2.45, 2.75) is 20.3 Å². The number of pyridine rings is 1. The lowest BCUT2D eigenvalue weighted by molar-refractivity contribution is -0.115. The maximum atomic E-state index is 12.3. The second kappa shape index (κ2) is 7.11. The molecule has 1 aromatic carbocycles. The standard InChI is InChI=1S/C18H16ClN3OS/c1-11-8-14(19)5-6-15(11)22-17(23)9-16-12(2)21-18(24-16)13-4-3-7-20-10-13/h3-8,10H,9H2,1-2H3,(H,22,23). The summed E-state index contributed by atoms with van der Waals surface area (Å²) in [6, 6.07) is 9.25. The number of benzene rings is 1. The second-order valence-corrected chi connectivity index (χ2v) is 6.97. The maximum Gasteiger partial charge on any atom is 0.229 e. The van der Waals surface area contributed by atoms with Crippen molar-refractivity contribution >= 4 is 34.5 Å². The number of anilines is 1. The number of rotatable bonds is 4. The van der Waals surface area contributed by atoms with Gasteiger partial charge in [-0.2, -0.15) is 0 Å². The Kier molecular flexibility index (Phi) is 4.92. The third-order valence-electron chi connectivity index (χ3n) is 3.58. The molecule has 1 amide bonds. The highest BCUT2D eigenvalue weighted by atomic mass is 35.5. The van der Waals surface area contributed by atoms with Crippen LogP contribution in [0.4, 0.5) is 5.69 Å². The van der Waals surface area contributed by atoms with Crippen molar-refractivity contribution < 1.29 is 4.79 Å². The molecule has 4 nitrogen and oxygen atoms in total. The topological polar surface area (TPSA) is 54.9 Å². The zero-order chi connectivity index (χ0) is 17.1. The van der Waals surface area contributed by atoms with Crippen molar-refractivity contribution in [3.05, 3.63) is 63.9 Å². The first-order valence-corrected chi connectivity index (χ1v) is 8.65. The molecule has 0 spiro atoms. The molecule has 0 fully saturated rings. The molecule has 3 rings (SSSR count). The molecule has 1 N–H and O–H groups in total. The Bertz CT molecular complexity index is 877. The first kappa shape index (κ1) is 16.6. The fourth-order valence-corrected chi connectivity index (χ4v) is 3.59. The number of aromatic nitrogens is 2. The van der Waals surface area contributed by atoms with E-state index in [1.165, 1.54) is 11.3 Å². The number of carbonyl (C=O) groups is 1. The summed E-state index contributed by atoms with van der Waals surface area (Å²) >= 11 is 7.47. The van der Waals surface area contributed by atoms with E-state index in [2.05, 4.69) is 15.3 Å². The summed E-state index contributed by atoms with van der Waals surface area (Å²) in [6.07, 6.45) is 3.80. The summed E-state index contributed by atoms with van der Waals surface area (Å²) in [6.45, 7) is 3.84. The molecule has 0 bridgehead atoms. The lowest BCUT2D eigenvalue weighted by atomic mass is 10.2. The zero-order valence-corrected chi connectivity index (χ0v) is 14.9. The minimum Gasteiger partial charge on any atom is -0.326 e. The number of thiazole rings is 1. The molecule has 3 aromatic rings. The Morgan fingerprint density at radius 1 is 1.29 bits per heavy atom. The Hall–Kier alpha value is -2.24. The molecule has 122 valence electrons. The van der Waals surface area contributed by atoms with E-state index in [1.54, 1.807) is 18.5 Å². The first-order valence-electron chi connectivity index (χ1n) is 7.45. The van der Waals surface area contributed by atoms with E-state index in [-0.39, 0.29) is 5.91 Å². The minimum absolute atomic E-state index is 0.0649. The van der Waals surface area contributed by atoms with Crippen LogP contribution in [-0.2, 0) is 11.2 Å². The fraction of sp³-hybridized carbons (Fsp3) is 0.167. The van der Waals surface area contributed by atoms with Crippen LogP contribution in [0, 0.1) is 13.8 Å². The van der Waals surface area contributed by atoms with Gasteiger partial charge in [-0.25, -0.2) is 4.98 Å². The van der Waals surface area contributed by atoms with Gasteiger partial charge in [0.05, 0.1) is 12.1 Å². The van der Waals surface area contributed by atoms with Crippen molar-refractivity contribution in [2.24, 2.45) is 0 Å². The zero-order valence-electron chi connectivity index (χ0n) is 13.3. The van der Waals surface area contributed by atoms with E-state index in [4.69, 9.17) is 11.6 Å². The molecule has 0 aliphatic carbocycles. The van der Waals surface area contributed by atoms with E-state index in [0.717, 1.165) is 32.4 Å². The van der Waals surface area contributed by atoms with Gasteiger partial charge >= 0.3 is 0 Å². The lowest BCUT2D eigenvalue weighted by Crippen LogP contribution is -2.15. The average molecular weight is 358 g/mol. The predicted molar refractivity (Wildman–Crippen MR) is 98.6 cm³/mol. The summed E-state index contributed by atoms with van der Waals surface area (Å²) in [5.74, 6) is -0.0649. The Labute approximate surface area is 149 Å². The van der Waals surface area contributed by atoms with Crippen LogP contribution >= 0.6 is 22.9 Å². The van der Waals surface area contributed by atoms with Crippen molar-refractivity contribution in [1.29, 1.82) is 0 Å². The average Bonchev–Trinajstić information content (AvgIpc) is 2.92. The molecule has 24 heavy (non-hydrogen) atoms. The second-order valence-electron chi connectivity index (χ2n) is 5.45. The number of aryl methyl sites for hydroxylation is 2. The van der Waals surface area contributed by atoms with Gasteiger partial charge in [-0.1, -0.05) is 11.6 Å². The number of amides is 1. The quantitative estimate of drug-likeness (QED) is 0.739. The minimum atomic E-state index is -0.0649. The van der Waals surface area contributed by atoms with E-state index < -0.39 is 0 Å². The van der Waals surface area contributed by atoms with Gasteiger partial charge in [0.15, 0.2) is 0 Å². The summed E-state index contributed by atoms with van der Waals surface area (Å²) in [5.41, 5.74) is 3.56. The van der Waals surface area contributed by atoms with Gasteiger partial charge in [-0.3, -0.25) is 9.78 Å². The molecule has 0 atom stereocenters. The lowest BCUT2D eigenvalue weighted by Gasteiger charge is -2.08. The van der Waals surface area contributed by atoms with Crippen molar-refractivity contribution in [2.75, 3.05) is 5.32 Å². The molecular formula is C18H16ClN3OS. The highest BCUT2D eigenvalue weighted by Gasteiger charge is 2.14. The van der Waals surface area contributed by atoms with E-state index in [1.807, 2.05) is 38.1 Å². The largest absolute Gasteiger partial charge is 0.326 e. The van der Waals surface area contributed by atoms with E-state index in [0.29, 0.717) is 11.4 Å². The predicted octanol–water partition coefficient (Wildman–Crippen LogP) is 4.66. The summed E-state index contributed by atoms with van der Waals surface area (Å²) in [4.78, 5) is 22.0. The number of hydrogen-bond donors (Lipinski definition) is 1. The van der Waals surface area contributed by atoms with Crippen molar-refractivity contribution in [3.63, 3.8) is 0 Å². The summed E-state index contributed by atoms with van der Waals surface area (Å²) < 4.78 is 0. The number of halogens is 1. The molecule has 0 aliphatic rings. The number of hydrogen-bond acceptors (Lipinski definition) is 4. The highest BCUT2D eigenvalue weighted by Crippen LogP contribution is 2.28. The van der Waals surface area contributed by atoms with Crippen LogP contribution in [-0.4, -0.2) is 15.9 Å². The summed E-state index contributed by atoms with van der Waals surface area (Å²) in [7, 11) is 0. The van der Waals surface area contributed by atoms with Gasteiger partial charge in [0.1, 0.15) is 5.01 Å². The fourth-order valence-electron chi connectivity index (χ4n) is 2.31. The van der Waals surface area contributed by atoms with Crippen LogP contribution in [0.3, 0.4) is 0 Å². The SMILES string of the molecule is Cc1cc(Cl)ccc1NC(=O)Cc1sc(-c2cccnc2)nc1C. The van der Waals surface area contributed by atoms with Gasteiger partial charge in [-0.15, -0.1) is 11.3 Å². The smallest absolute Gasteiger partial charge is 0.229 e. The number of nitrogens with zero attached hydrogens (tertiary/aromatic N) is 2. The van der Waals surface area contributed by atoms with Crippen LogP contribution in [0.5, 0.6) is 0 Å². The van der Waals surface area contributed by atoms with Gasteiger partial charge in [0, 0.05) is 33.5 Å². The maximum absolute atomic E-state index is 12.3. The Morgan fingerprint density at radius 3 is 2.83 bits per heavy atom. The van der Waals surface area contributed by atoms with Gasteiger partial charge in [0.2, 0.25) is 5.91 Å². The van der Waals surface area contributed by atoms with E-state index in [9.17, 15) is 4.79 Å². The molecule has 0 saturated carbocycles. The molecule has 2 aromatic heterocycles. The monoisotopic (exact) mass is 357 g/mol. The number of carbonyl (C=O) groups excluding carboxylic acids is 1. The normalized spacial score (nSPS) is 10.6. The number of nitrogens with one attached hydrogen (secondary N) is 1. The molecule has 0 saturated heterocycles. The first-order chi connectivity index (χ1) is 11.5. The van der Waals surface area contributed by atoms with Crippen LogP contribution in [0.2, 0.25) is 5.02 Å². The van der Waals surface area contributed by atoms with Crippen LogP contribution in [0.15, 0.2) is 42.7 Å². The Balaban J connectivity index is 1.74. The van der Waals surface area contributed by atoms with Crippen LogP contribution < -0.4 is 5.32 Å². The molecule has 2 heterocycles. The van der Waals surface area contributed by atoms with Crippen LogP contribution in [0.1, 0.15) is 16.1 Å². The third-order valence-corrected chi connectivity index (χ3v) is 5.03. The van der Waals surface area contributed by atoms with Crippen LogP contribution in [0.25, 0.3) is 10.6 Å². The van der Waals surface area contributed by atoms with Gasteiger partial charge < -0.3 is 5.32 Å². The molecule has 6 heteroatoms. The molecule has 0 aliphatic heterocycles. The van der Waals surface area contributed by atoms with Gasteiger partial charge in [-0.05, 0) is 49.7 Å². The Morgan fingerprint density at radius 2 is 2.12 bits per heavy atom.